The van der Waals surface area contributed by atoms with Crippen molar-refractivity contribution < 1.29 is 23.5 Å². The number of hydrogen-bond donors (Lipinski definition) is 1. The number of hydrogen-bond acceptors (Lipinski definition) is 4. The third-order valence-corrected chi connectivity index (χ3v) is 5.40. The summed E-state index contributed by atoms with van der Waals surface area (Å²) in [6.45, 7) is 1.80. The molecule has 1 aromatic rings. The molecule has 2 amide bonds. The van der Waals surface area contributed by atoms with Gasteiger partial charge >= 0.3 is 5.97 Å². The molecule has 1 saturated heterocycles. The van der Waals surface area contributed by atoms with E-state index in [9.17, 15) is 18.8 Å². The number of nitrogens with one attached hydrogen (secondary N) is 1. The summed E-state index contributed by atoms with van der Waals surface area (Å²) in [6, 6.07) is 4.00. The lowest BCUT2D eigenvalue weighted by Gasteiger charge is -2.24. The van der Waals surface area contributed by atoms with Crippen molar-refractivity contribution in [3.8, 4) is 0 Å². The van der Waals surface area contributed by atoms with Gasteiger partial charge in [-0.3, -0.25) is 14.4 Å². The van der Waals surface area contributed by atoms with Crippen LogP contribution in [0, 0.1) is 11.7 Å². The molecule has 1 N–H and O–H groups in total. The number of carbonyl (C=O) groups excluding carboxylic acids is 3. The van der Waals surface area contributed by atoms with Crippen molar-refractivity contribution >= 4 is 35.1 Å². The van der Waals surface area contributed by atoms with Crippen molar-refractivity contribution in [3.05, 3.63) is 29.0 Å². The van der Waals surface area contributed by atoms with Gasteiger partial charge in [0.2, 0.25) is 5.91 Å². The Bertz CT molecular complexity index is 751. The number of ether oxygens (including phenoxy) is 1. The molecule has 2 aliphatic rings. The van der Waals surface area contributed by atoms with Gasteiger partial charge < -0.3 is 15.0 Å². The lowest BCUT2D eigenvalue weighted by atomic mass is 10.1. The quantitative estimate of drug-likeness (QED) is 0.776. The smallest absolute Gasteiger partial charge is 0.312 e. The summed E-state index contributed by atoms with van der Waals surface area (Å²) < 4.78 is 18.4. The van der Waals surface area contributed by atoms with Gasteiger partial charge in [0.05, 0.1) is 10.9 Å². The van der Waals surface area contributed by atoms with Gasteiger partial charge in [-0.25, -0.2) is 4.39 Å². The Labute approximate surface area is 162 Å². The van der Waals surface area contributed by atoms with Crippen LogP contribution in [0.15, 0.2) is 18.2 Å². The van der Waals surface area contributed by atoms with Crippen LogP contribution in [0.2, 0.25) is 5.02 Å². The predicted octanol–water partition coefficient (Wildman–Crippen LogP) is 3.14. The molecule has 1 saturated carbocycles. The van der Waals surface area contributed by atoms with Gasteiger partial charge in [0.1, 0.15) is 5.82 Å². The maximum Gasteiger partial charge on any atom is 0.312 e. The topological polar surface area (TPSA) is 75.7 Å². The fourth-order valence-corrected chi connectivity index (χ4v) is 3.78. The zero-order valence-electron chi connectivity index (χ0n) is 15.0. The predicted molar refractivity (Wildman–Crippen MR) is 97.7 cm³/mol. The number of likely N-dealkylation sites (tertiary alicyclic amines) is 1. The van der Waals surface area contributed by atoms with Gasteiger partial charge in [-0.05, 0) is 38.0 Å². The largest absolute Gasteiger partial charge is 0.452 e. The summed E-state index contributed by atoms with van der Waals surface area (Å²) in [6.07, 6.45) is 3.25. The molecule has 2 fully saturated rings. The Hall–Kier alpha value is -2.15. The molecule has 0 bridgehead atoms. The first-order chi connectivity index (χ1) is 12.8. The Kier molecular flexibility index (Phi) is 5.99. The SMILES string of the molecule is C[C@H](OC(=O)[C@@H]1CC(=O)N(C2CCCC2)C1)C(=O)Nc1ccc(F)c(Cl)c1. The second-order valence-electron chi connectivity index (χ2n) is 7.08. The highest BCUT2D eigenvalue weighted by Gasteiger charge is 2.40. The summed E-state index contributed by atoms with van der Waals surface area (Å²) in [4.78, 5) is 38.5. The molecule has 0 aromatic heterocycles. The first-order valence-corrected chi connectivity index (χ1v) is 9.49. The number of esters is 1. The molecular weight excluding hydrogens is 375 g/mol. The number of nitrogens with zero attached hydrogens (tertiary/aromatic N) is 1. The van der Waals surface area contributed by atoms with Crippen molar-refractivity contribution in [1.29, 1.82) is 0 Å². The van der Waals surface area contributed by atoms with Crippen LogP contribution < -0.4 is 5.32 Å². The first-order valence-electron chi connectivity index (χ1n) is 9.11. The molecule has 0 unspecified atom stereocenters. The molecule has 3 rings (SSSR count). The minimum atomic E-state index is -1.04. The Balaban J connectivity index is 1.53. The highest BCUT2D eigenvalue weighted by atomic mass is 35.5. The third kappa shape index (κ3) is 4.58. The zero-order chi connectivity index (χ0) is 19.6. The molecule has 27 heavy (non-hydrogen) atoms. The van der Waals surface area contributed by atoms with Crippen LogP contribution in [-0.2, 0) is 19.1 Å². The van der Waals surface area contributed by atoms with E-state index in [1.165, 1.54) is 19.1 Å². The van der Waals surface area contributed by atoms with E-state index in [1.807, 2.05) is 0 Å². The standard InChI is InChI=1S/C19H22ClFN2O4/c1-11(18(25)22-13-6-7-16(21)15(20)9-13)27-19(26)12-8-17(24)23(10-12)14-4-2-3-5-14/h6-7,9,11-12,14H,2-5,8,10H2,1H3,(H,22,25)/t11-,12+/m0/s1. The molecule has 0 radical (unpaired) electrons. The van der Waals surface area contributed by atoms with E-state index in [0.717, 1.165) is 31.7 Å². The molecule has 0 spiro atoms. The second-order valence-corrected chi connectivity index (χ2v) is 7.49. The molecule has 8 heteroatoms. The highest BCUT2D eigenvalue weighted by molar-refractivity contribution is 6.31. The van der Waals surface area contributed by atoms with E-state index in [0.29, 0.717) is 12.2 Å². The van der Waals surface area contributed by atoms with Crippen molar-refractivity contribution in [1.82, 2.24) is 4.90 Å². The molecule has 1 heterocycles. The number of carbonyl (C=O) groups is 3. The maximum atomic E-state index is 13.2. The van der Waals surface area contributed by atoms with Crippen LogP contribution in [0.5, 0.6) is 0 Å². The number of anilines is 1. The molecule has 1 aliphatic heterocycles. The molecule has 6 nitrogen and oxygen atoms in total. The minimum absolute atomic E-state index is 0.0260. The van der Waals surface area contributed by atoms with Crippen LogP contribution in [-0.4, -0.2) is 41.4 Å². The van der Waals surface area contributed by atoms with Gasteiger partial charge in [-0.15, -0.1) is 0 Å². The second kappa shape index (κ2) is 8.25. The van der Waals surface area contributed by atoms with E-state index in [-0.39, 0.29) is 23.4 Å². The normalized spacial score (nSPS) is 21.4. The van der Waals surface area contributed by atoms with Gasteiger partial charge in [-0.2, -0.15) is 0 Å². The van der Waals surface area contributed by atoms with Crippen LogP contribution in [0.3, 0.4) is 0 Å². The van der Waals surface area contributed by atoms with Crippen LogP contribution in [0.1, 0.15) is 39.0 Å². The average Bonchev–Trinajstić information content (AvgIpc) is 3.27. The number of benzene rings is 1. The third-order valence-electron chi connectivity index (χ3n) is 5.11. The summed E-state index contributed by atoms with van der Waals surface area (Å²) in [5.41, 5.74) is 0.303. The first kappa shape index (κ1) is 19.6. The molecule has 1 aliphatic carbocycles. The van der Waals surface area contributed by atoms with E-state index in [1.54, 1.807) is 4.90 Å². The summed E-state index contributed by atoms with van der Waals surface area (Å²) in [7, 11) is 0. The van der Waals surface area contributed by atoms with Crippen molar-refractivity contribution in [2.45, 2.75) is 51.2 Å². The molecule has 146 valence electrons. The fourth-order valence-electron chi connectivity index (χ4n) is 3.60. The van der Waals surface area contributed by atoms with Gasteiger partial charge in [-0.1, -0.05) is 24.4 Å². The van der Waals surface area contributed by atoms with Gasteiger partial charge in [0.25, 0.3) is 5.91 Å². The van der Waals surface area contributed by atoms with Gasteiger partial charge in [0, 0.05) is 24.7 Å². The lowest BCUT2D eigenvalue weighted by Crippen LogP contribution is -2.36. The van der Waals surface area contributed by atoms with Crippen molar-refractivity contribution in [2.75, 3.05) is 11.9 Å². The van der Waals surface area contributed by atoms with Crippen molar-refractivity contribution in [3.63, 3.8) is 0 Å². The van der Waals surface area contributed by atoms with E-state index in [2.05, 4.69) is 5.32 Å². The Morgan fingerprint density at radius 1 is 1.33 bits per heavy atom. The lowest BCUT2D eigenvalue weighted by molar-refractivity contribution is -0.157. The van der Waals surface area contributed by atoms with E-state index in [4.69, 9.17) is 16.3 Å². The average molecular weight is 397 g/mol. The monoisotopic (exact) mass is 396 g/mol. The van der Waals surface area contributed by atoms with E-state index < -0.39 is 29.7 Å². The summed E-state index contributed by atoms with van der Waals surface area (Å²) in [5, 5.41) is 2.41. The Morgan fingerprint density at radius 3 is 2.70 bits per heavy atom. The highest BCUT2D eigenvalue weighted by Crippen LogP contribution is 2.30. The van der Waals surface area contributed by atoms with E-state index >= 15 is 0 Å². The molecule has 1 aromatic carbocycles. The number of amides is 2. The van der Waals surface area contributed by atoms with Crippen molar-refractivity contribution in [2.24, 2.45) is 5.92 Å². The van der Waals surface area contributed by atoms with Crippen LogP contribution in [0.4, 0.5) is 10.1 Å². The van der Waals surface area contributed by atoms with Crippen LogP contribution >= 0.6 is 11.6 Å². The molecule has 2 atom stereocenters. The van der Waals surface area contributed by atoms with Crippen LogP contribution in [0.25, 0.3) is 0 Å². The number of rotatable bonds is 5. The minimum Gasteiger partial charge on any atom is -0.452 e. The zero-order valence-corrected chi connectivity index (χ0v) is 15.8. The molecular formula is C19H22ClFN2O4. The summed E-state index contributed by atoms with van der Waals surface area (Å²) in [5.74, 6) is -2.27. The number of halogens is 2. The summed E-state index contributed by atoms with van der Waals surface area (Å²) >= 11 is 5.68. The Morgan fingerprint density at radius 2 is 2.04 bits per heavy atom. The maximum absolute atomic E-state index is 13.2. The van der Waals surface area contributed by atoms with Gasteiger partial charge in [0.15, 0.2) is 6.10 Å². The fraction of sp³-hybridized carbons (Fsp3) is 0.526.